The highest BCUT2D eigenvalue weighted by molar-refractivity contribution is 5.85. The Hall–Kier alpha value is -0.890. The van der Waals surface area contributed by atoms with E-state index < -0.39 is 0 Å². The van der Waals surface area contributed by atoms with Crippen molar-refractivity contribution in [3.63, 3.8) is 0 Å². The van der Waals surface area contributed by atoms with E-state index in [1.165, 1.54) is 6.07 Å². The van der Waals surface area contributed by atoms with E-state index in [4.69, 9.17) is 10.2 Å². The first-order valence-corrected chi connectivity index (χ1v) is 2.68. The van der Waals surface area contributed by atoms with Crippen LogP contribution in [0.25, 0.3) is 0 Å². The molecule has 0 radical (unpaired) electrons. The molecule has 0 saturated carbocycles. The molecule has 0 atom stereocenters. The second kappa shape index (κ2) is 3.32. The highest BCUT2D eigenvalue weighted by Crippen LogP contribution is 2.18. The zero-order valence-electron chi connectivity index (χ0n) is 5.53. The lowest BCUT2D eigenvalue weighted by Crippen LogP contribution is -1.70. The van der Waals surface area contributed by atoms with E-state index in [1.54, 1.807) is 19.1 Å². The second-order valence-corrected chi connectivity index (χ2v) is 2.03. The third kappa shape index (κ3) is 2.15. The number of benzene rings is 1. The summed E-state index contributed by atoms with van der Waals surface area (Å²) >= 11 is 0. The molecule has 1 aromatic carbocycles. The van der Waals surface area contributed by atoms with E-state index in [9.17, 15) is 0 Å². The molecule has 0 aliphatic heterocycles. The summed E-state index contributed by atoms with van der Waals surface area (Å²) in [6.45, 7) is 1.80. The van der Waals surface area contributed by atoms with Gasteiger partial charge in [-0.25, -0.2) is 0 Å². The van der Waals surface area contributed by atoms with Crippen LogP contribution in [0.2, 0.25) is 0 Å². The lowest BCUT2D eigenvalue weighted by atomic mass is 10.2. The molecule has 0 saturated heterocycles. The number of aryl methyl sites for hydroxylation is 1. The smallest absolute Gasteiger partial charge is 0.119 e. The van der Waals surface area contributed by atoms with Gasteiger partial charge in [0.05, 0.1) is 0 Å². The summed E-state index contributed by atoms with van der Waals surface area (Å²) in [5.74, 6) is 0.208. The Morgan fingerprint density at radius 1 is 1.00 bits per heavy atom. The molecule has 0 spiro atoms. The predicted octanol–water partition coefficient (Wildman–Crippen LogP) is 1.83. The van der Waals surface area contributed by atoms with E-state index in [0.717, 1.165) is 5.56 Å². The van der Waals surface area contributed by atoms with Crippen LogP contribution in [0.15, 0.2) is 18.2 Å². The Balaban J connectivity index is 0.000000810. The molecule has 0 fully saturated rings. The zero-order valence-corrected chi connectivity index (χ0v) is 6.35. The summed E-state index contributed by atoms with van der Waals surface area (Å²) in [5, 5.41) is 17.7. The van der Waals surface area contributed by atoms with E-state index in [-0.39, 0.29) is 23.9 Å². The van der Waals surface area contributed by atoms with Crippen LogP contribution < -0.4 is 0 Å². The van der Waals surface area contributed by atoms with E-state index in [1.807, 2.05) is 0 Å². The number of phenolic OH excluding ortho intramolecular Hbond substituents is 2. The van der Waals surface area contributed by atoms with Crippen molar-refractivity contribution in [3.05, 3.63) is 23.8 Å². The maximum Gasteiger partial charge on any atom is 0.119 e. The van der Waals surface area contributed by atoms with Gasteiger partial charge in [-0.1, -0.05) is 0 Å². The minimum Gasteiger partial charge on any atom is -0.508 e. The van der Waals surface area contributed by atoms with Crippen molar-refractivity contribution in [2.24, 2.45) is 0 Å². The largest absolute Gasteiger partial charge is 0.508 e. The molecule has 0 heterocycles. The van der Waals surface area contributed by atoms with Crippen LogP contribution in [0.1, 0.15) is 5.56 Å². The fourth-order valence-corrected chi connectivity index (χ4v) is 0.743. The van der Waals surface area contributed by atoms with Gasteiger partial charge in [0.2, 0.25) is 0 Å². The molecule has 3 heteroatoms. The molecule has 0 aliphatic rings. The molecule has 0 bridgehead atoms. The molecule has 2 nitrogen and oxygen atoms in total. The summed E-state index contributed by atoms with van der Waals surface area (Å²) < 4.78 is 0. The minimum atomic E-state index is 0. The third-order valence-corrected chi connectivity index (χ3v) is 1.05. The van der Waals surface area contributed by atoms with Gasteiger partial charge in [0, 0.05) is 6.07 Å². The van der Waals surface area contributed by atoms with Crippen LogP contribution in [-0.2, 0) is 0 Å². The molecule has 0 unspecified atom stereocenters. The van der Waals surface area contributed by atoms with Crippen LogP contribution in [-0.4, -0.2) is 10.2 Å². The second-order valence-electron chi connectivity index (χ2n) is 2.03. The van der Waals surface area contributed by atoms with Gasteiger partial charge in [0.1, 0.15) is 11.5 Å². The normalized spacial score (nSPS) is 8.50. The summed E-state index contributed by atoms with van der Waals surface area (Å²) in [6.07, 6.45) is 0. The number of halogens is 1. The Labute approximate surface area is 65.5 Å². The summed E-state index contributed by atoms with van der Waals surface area (Å²) in [4.78, 5) is 0. The van der Waals surface area contributed by atoms with Gasteiger partial charge in [-0.15, -0.1) is 12.4 Å². The van der Waals surface area contributed by atoms with Gasteiger partial charge in [-0.3, -0.25) is 0 Å². The van der Waals surface area contributed by atoms with Gasteiger partial charge >= 0.3 is 0 Å². The number of hydrogen-bond acceptors (Lipinski definition) is 2. The van der Waals surface area contributed by atoms with E-state index in [2.05, 4.69) is 0 Å². The van der Waals surface area contributed by atoms with Crippen molar-refractivity contribution in [3.8, 4) is 11.5 Å². The lowest BCUT2D eigenvalue weighted by molar-refractivity contribution is 0.450. The number of phenols is 2. The van der Waals surface area contributed by atoms with Crippen LogP contribution in [0.4, 0.5) is 0 Å². The van der Waals surface area contributed by atoms with Crippen molar-refractivity contribution >= 4 is 12.4 Å². The van der Waals surface area contributed by atoms with E-state index in [0.29, 0.717) is 0 Å². The van der Waals surface area contributed by atoms with Crippen LogP contribution >= 0.6 is 12.4 Å². The monoisotopic (exact) mass is 160 g/mol. The van der Waals surface area contributed by atoms with Crippen molar-refractivity contribution < 1.29 is 10.2 Å². The van der Waals surface area contributed by atoms with Crippen molar-refractivity contribution in [2.45, 2.75) is 6.92 Å². The highest BCUT2D eigenvalue weighted by Gasteiger charge is 1.91. The van der Waals surface area contributed by atoms with Gasteiger partial charge in [-0.2, -0.15) is 0 Å². The van der Waals surface area contributed by atoms with Crippen LogP contribution in [0, 0.1) is 6.92 Å². The predicted molar refractivity (Wildman–Crippen MR) is 41.8 cm³/mol. The summed E-state index contributed by atoms with van der Waals surface area (Å²) in [6, 6.07) is 4.46. The first-order chi connectivity index (χ1) is 4.18. The van der Waals surface area contributed by atoms with Crippen molar-refractivity contribution in [2.75, 3.05) is 0 Å². The Kier molecular flexibility index (Phi) is 3.03. The first kappa shape index (κ1) is 9.11. The first-order valence-electron chi connectivity index (χ1n) is 2.68. The highest BCUT2D eigenvalue weighted by atomic mass is 35.5. The van der Waals surface area contributed by atoms with E-state index >= 15 is 0 Å². The summed E-state index contributed by atoms with van der Waals surface area (Å²) in [5.41, 5.74) is 0.854. The molecule has 0 aliphatic carbocycles. The molecule has 2 N–H and O–H groups in total. The van der Waals surface area contributed by atoms with Crippen molar-refractivity contribution in [1.82, 2.24) is 0 Å². The molecule has 1 rings (SSSR count). The average molecular weight is 161 g/mol. The number of hydrogen-bond donors (Lipinski definition) is 2. The number of rotatable bonds is 0. The van der Waals surface area contributed by atoms with Crippen molar-refractivity contribution in [1.29, 1.82) is 0 Å². The summed E-state index contributed by atoms with van der Waals surface area (Å²) in [7, 11) is 0. The fraction of sp³-hybridized carbons (Fsp3) is 0.143. The Morgan fingerprint density at radius 2 is 1.40 bits per heavy atom. The molecule has 0 aromatic heterocycles. The quantitative estimate of drug-likeness (QED) is 0.608. The van der Waals surface area contributed by atoms with Gasteiger partial charge in [0.25, 0.3) is 0 Å². The molecule has 56 valence electrons. The van der Waals surface area contributed by atoms with Crippen LogP contribution in [0.3, 0.4) is 0 Å². The molecular weight excluding hydrogens is 152 g/mol. The molecule has 0 amide bonds. The van der Waals surface area contributed by atoms with Crippen LogP contribution in [0.5, 0.6) is 11.5 Å². The third-order valence-electron chi connectivity index (χ3n) is 1.05. The maximum absolute atomic E-state index is 8.83. The lowest BCUT2D eigenvalue weighted by Gasteiger charge is -1.94. The maximum atomic E-state index is 8.83. The topological polar surface area (TPSA) is 40.5 Å². The Bertz CT molecular complexity index is 172. The average Bonchev–Trinajstić information content (AvgIpc) is 1.59. The van der Waals surface area contributed by atoms with Gasteiger partial charge < -0.3 is 10.2 Å². The SMILES string of the molecule is Cc1cc(O)cc(O)c1.Cl. The van der Waals surface area contributed by atoms with Gasteiger partial charge in [-0.05, 0) is 24.6 Å². The fourth-order valence-electron chi connectivity index (χ4n) is 0.743. The minimum absolute atomic E-state index is 0. The molecular formula is C7H9ClO2. The standard InChI is InChI=1S/C7H8O2.ClH/c1-5-2-6(8)4-7(9)3-5;/h2-4,8-9H,1H3;1H. The molecule has 10 heavy (non-hydrogen) atoms. The molecule has 1 aromatic rings. The zero-order chi connectivity index (χ0) is 6.85. The van der Waals surface area contributed by atoms with Gasteiger partial charge in [0.15, 0.2) is 0 Å². The Morgan fingerprint density at radius 3 is 1.70 bits per heavy atom. The number of aromatic hydroxyl groups is 2.